The summed E-state index contributed by atoms with van der Waals surface area (Å²) in [5.74, 6) is 1.56. The molecule has 100 valence electrons. The summed E-state index contributed by atoms with van der Waals surface area (Å²) in [6.45, 7) is 0.791. The van der Waals surface area contributed by atoms with E-state index in [4.69, 9.17) is 9.47 Å². The molecule has 0 aliphatic carbocycles. The molecule has 0 radical (unpaired) electrons. The van der Waals surface area contributed by atoms with Crippen LogP contribution in [0.4, 0.5) is 0 Å². The van der Waals surface area contributed by atoms with Gasteiger partial charge < -0.3 is 14.8 Å². The second-order valence-electron chi connectivity index (χ2n) is 4.18. The normalized spacial score (nSPS) is 10.3. The van der Waals surface area contributed by atoms with E-state index in [1.807, 2.05) is 37.6 Å². The number of ether oxygens (including phenoxy) is 2. The van der Waals surface area contributed by atoms with Gasteiger partial charge in [0.15, 0.2) is 0 Å². The molecular formula is C15H18N2O2. The largest absolute Gasteiger partial charge is 0.497 e. The van der Waals surface area contributed by atoms with Crippen molar-refractivity contribution in [2.24, 2.45) is 0 Å². The van der Waals surface area contributed by atoms with Crippen LogP contribution in [0.15, 0.2) is 36.7 Å². The number of pyridine rings is 1. The second-order valence-corrected chi connectivity index (χ2v) is 4.18. The van der Waals surface area contributed by atoms with E-state index in [0.717, 1.165) is 34.7 Å². The Morgan fingerprint density at radius 1 is 1.11 bits per heavy atom. The Kier molecular flexibility index (Phi) is 4.36. The van der Waals surface area contributed by atoms with Gasteiger partial charge in [0.25, 0.3) is 0 Å². The fourth-order valence-electron chi connectivity index (χ4n) is 1.97. The van der Waals surface area contributed by atoms with E-state index in [1.165, 1.54) is 0 Å². The summed E-state index contributed by atoms with van der Waals surface area (Å²) in [6.07, 6.45) is 3.69. The molecule has 0 fully saturated rings. The van der Waals surface area contributed by atoms with Crippen molar-refractivity contribution >= 4 is 0 Å². The minimum Gasteiger partial charge on any atom is -0.497 e. The van der Waals surface area contributed by atoms with Gasteiger partial charge in [0.1, 0.15) is 11.5 Å². The van der Waals surface area contributed by atoms with Crippen molar-refractivity contribution in [2.75, 3.05) is 21.3 Å². The monoisotopic (exact) mass is 258 g/mol. The molecule has 0 atom stereocenters. The van der Waals surface area contributed by atoms with Crippen LogP contribution in [0, 0.1) is 0 Å². The van der Waals surface area contributed by atoms with Gasteiger partial charge in [-0.3, -0.25) is 4.98 Å². The molecule has 0 amide bonds. The highest BCUT2D eigenvalue weighted by Crippen LogP contribution is 2.33. The van der Waals surface area contributed by atoms with Crippen LogP contribution in [0.3, 0.4) is 0 Å². The zero-order valence-corrected chi connectivity index (χ0v) is 11.4. The van der Waals surface area contributed by atoms with Crippen molar-refractivity contribution in [1.82, 2.24) is 10.3 Å². The predicted octanol–water partition coefficient (Wildman–Crippen LogP) is 2.49. The fraction of sp³-hybridized carbons (Fsp3) is 0.267. The molecule has 0 saturated heterocycles. The molecule has 0 bridgehead atoms. The van der Waals surface area contributed by atoms with Gasteiger partial charge in [-0.2, -0.15) is 0 Å². The SMILES string of the molecule is CNCc1cncc(-c2ccc(OC)cc2OC)c1. The van der Waals surface area contributed by atoms with E-state index >= 15 is 0 Å². The molecule has 4 heteroatoms. The number of benzene rings is 1. The highest BCUT2D eigenvalue weighted by Gasteiger charge is 2.08. The van der Waals surface area contributed by atoms with Crippen LogP contribution in [0.1, 0.15) is 5.56 Å². The molecule has 1 N–H and O–H groups in total. The molecule has 2 aromatic rings. The van der Waals surface area contributed by atoms with Crippen LogP contribution in [-0.4, -0.2) is 26.3 Å². The first-order chi connectivity index (χ1) is 9.28. The maximum atomic E-state index is 5.42. The zero-order valence-electron chi connectivity index (χ0n) is 11.4. The number of methoxy groups -OCH3 is 2. The maximum Gasteiger partial charge on any atom is 0.130 e. The Hall–Kier alpha value is -2.07. The van der Waals surface area contributed by atoms with Crippen LogP contribution in [0.2, 0.25) is 0 Å². The number of nitrogens with zero attached hydrogens (tertiary/aromatic N) is 1. The van der Waals surface area contributed by atoms with Gasteiger partial charge >= 0.3 is 0 Å². The third-order valence-corrected chi connectivity index (χ3v) is 2.90. The van der Waals surface area contributed by atoms with Crippen molar-refractivity contribution in [2.45, 2.75) is 6.54 Å². The smallest absolute Gasteiger partial charge is 0.130 e. The summed E-state index contributed by atoms with van der Waals surface area (Å²) in [5.41, 5.74) is 3.18. The zero-order chi connectivity index (χ0) is 13.7. The summed E-state index contributed by atoms with van der Waals surface area (Å²) >= 11 is 0. The Morgan fingerprint density at radius 3 is 2.63 bits per heavy atom. The second kappa shape index (κ2) is 6.20. The molecule has 0 spiro atoms. The molecule has 0 aliphatic heterocycles. The minimum absolute atomic E-state index is 0.778. The van der Waals surface area contributed by atoms with Gasteiger partial charge in [0.05, 0.1) is 14.2 Å². The molecule has 0 saturated carbocycles. The average molecular weight is 258 g/mol. The van der Waals surface area contributed by atoms with Crippen LogP contribution in [0.25, 0.3) is 11.1 Å². The number of hydrogen-bond acceptors (Lipinski definition) is 4. The van der Waals surface area contributed by atoms with Crippen LogP contribution < -0.4 is 14.8 Å². The minimum atomic E-state index is 0.778. The Labute approximate surface area is 113 Å². The third kappa shape index (κ3) is 3.03. The molecule has 0 aliphatic rings. The van der Waals surface area contributed by atoms with Gasteiger partial charge in [-0.15, -0.1) is 0 Å². The van der Waals surface area contributed by atoms with Crippen LogP contribution in [0.5, 0.6) is 11.5 Å². The van der Waals surface area contributed by atoms with Crippen LogP contribution >= 0.6 is 0 Å². The first-order valence-corrected chi connectivity index (χ1v) is 6.09. The first kappa shape index (κ1) is 13.4. The van der Waals surface area contributed by atoms with Crippen molar-refractivity contribution < 1.29 is 9.47 Å². The quantitative estimate of drug-likeness (QED) is 0.894. The molecule has 4 nitrogen and oxygen atoms in total. The number of rotatable bonds is 5. The topological polar surface area (TPSA) is 43.4 Å². The standard InChI is InChI=1S/C15H18N2O2/c1-16-8-11-6-12(10-17-9-11)14-5-4-13(18-2)7-15(14)19-3/h4-7,9-10,16H,8H2,1-3H3. The Morgan fingerprint density at radius 2 is 1.95 bits per heavy atom. The van der Waals surface area contributed by atoms with Crippen molar-refractivity contribution in [3.63, 3.8) is 0 Å². The summed E-state index contributed by atoms with van der Waals surface area (Å²) < 4.78 is 10.6. The van der Waals surface area contributed by atoms with E-state index < -0.39 is 0 Å². The fourth-order valence-corrected chi connectivity index (χ4v) is 1.97. The number of aromatic nitrogens is 1. The molecule has 1 aromatic carbocycles. The van der Waals surface area contributed by atoms with Gasteiger partial charge in [0, 0.05) is 36.1 Å². The molecule has 1 heterocycles. The third-order valence-electron chi connectivity index (χ3n) is 2.90. The summed E-state index contributed by atoms with van der Waals surface area (Å²) in [4.78, 5) is 4.27. The van der Waals surface area contributed by atoms with Crippen molar-refractivity contribution in [1.29, 1.82) is 0 Å². The number of hydrogen-bond donors (Lipinski definition) is 1. The highest BCUT2D eigenvalue weighted by atomic mass is 16.5. The number of nitrogens with one attached hydrogen (secondary N) is 1. The average Bonchev–Trinajstić information content (AvgIpc) is 2.47. The van der Waals surface area contributed by atoms with E-state index in [9.17, 15) is 0 Å². The Bertz CT molecular complexity index is 556. The van der Waals surface area contributed by atoms with Gasteiger partial charge in [-0.1, -0.05) is 0 Å². The van der Waals surface area contributed by atoms with E-state index in [1.54, 1.807) is 14.2 Å². The molecule has 19 heavy (non-hydrogen) atoms. The summed E-state index contributed by atoms with van der Waals surface area (Å²) in [7, 11) is 5.22. The lowest BCUT2D eigenvalue weighted by Gasteiger charge is -2.11. The molecule has 2 rings (SSSR count). The summed E-state index contributed by atoms with van der Waals surface area (Å²) in [6, 6.07) is 7.88. The van der Waals surface area contributed by atoms with E-state index in [2.05, 4.69) is 16.4 Å². The van der Waals surface area contributed by atoms with Gasteiger partial charge in [0.2, 0.25) is 0 Å². The van der Waals surface area contributed by atoms with Crippen LogP contribution in [-0.2, 0) is 6.54 Å². The lowest BCUT2D eigenvalue weighted by Crippen LogP contribution is -2.05. The Balaban J connectivity index is 2.43. The maximum absolute atomic E-state index is 5.42. The lowest BCUT2D eigenvalue weighted by molar-refractivity contribution is 0.395. The van der Waals surface area contributed by atoms with Gasteiger partial charge in [-0.25, -0.2) is 0 Å². The predicted molar refractivity (Wildman–Crippen MR) is 75.5 cm³/mol. The van der Waals surface area contributed by atoms with E-state index in [0.29, 0.717) is 0 Å². The summed E-state index contributed by atoms with van der Waals surface area (Å²) in [5, 5.41) is 3.12. The van der Waals surface area contributed by atoms with Gasteiger partial charge in [-0.05, 0) is 30.8 Å². The first-order valence-electron chi connectivity index (χ1n) is 6.09. The van der Waals surface area contributed by atoms with E-state index in [-0.39, 0.29) is 0 Å². The molecular weight excluding hydrogens is 240 g/mol. The van der Waals surface area contributed by atoms with Crippen molar-refractivity contribution in [3.8, 4) is 22.6 Å². The molecule has 1 aromatic heterocycles. The van der Waals surface area contributed by atoms with Crippen molar-refractivity contribution in [3.05, 3.63) is 42.2 Å². The molecule has 0 unspecified atom stereocenters. The highest BCUT2D eigenvalue weighted by molar-refractivity contribution is 5.71. The lowest BCUT2D eigenvalue weighted by atomic mass is 10.0.